The van der Waals surface area contributed by atoms with E-state index >= 15 is 0 Å². The molecule has 0 spiro atoms. The molecule has 4 aromatic carbocycles. The summed E-state index contributed by atoms with van der Waals surface area (Å²) in [4.78, 5) is 25.4. The predicted molar refractivity (Wildman–Crippen MR) is 147 cm³/mol. The fourth-order valence-corrected chi connectivity index (χ4v) is 3.76. The Hall–Kier alpha value is -5.24. The van der Waals surface area contributed by atoms with Crippen molar-refractivity contribution in [2.24, 2.45) is 0 Å². The molecule has 1 N–H and O–H groups in total. The molecule has 0 radical (unpaired) electrons. The number of amides is 1. The van der Waals surface area contributed by atoms with Crippen molar-refractivity contribution in [3.8, 4) is 34.5 Å². The molecule has 0 unspecified atom stereocenters. The van der Waals surface area contributed by atoms with Gasteiger partial charge < -0.3 is 28.7 Å². The van der Waals surface area contributed by atoms with Crippen molar-refractivity contribution in [1.82, 2.24) is 0 Å². The maximum atomic E-state index is 13.0. The highest BCUT2D eigenvalue weighted by Crippen LogP contribution is 2.31. The third-order valence-electron chi connectivity index (χ3n) is 5.57. The molecule has 1 aromatic heterocycles. The lowest BCUT2D eigenvalue weighted by Crippen LogP contribution is -2.20. The van der Waals surface area contributed by atoms with Gasteiger partial charge in [-0.15, -0.1) is 0 Å². The fraction of sp³-hybridized carbons (Fsp3) is 0.0968. The minimum Gasteiger partial charge on any atom is -0.490 e. The average molecular weight is 524 g/mol. The van der Waals surface area contributed by atoms with E-state index in [9.17, 15) is 9.59 Å². The maximum Gasteiger partial charge on any atom is 0.262 e. The molecule has 1 heterocycles. The quantitative estimate of drug-likeness (QED) is 0.215. The number of ether oxygens (including phenoxy) is 4. The van der Waals surface area contributed by atoms with Crippen LogP contribution in [0.4, 0.5) is 5.69 Å². The topological polar surface area (TPSA) is 96.2 Å². The van der Waals surface area contributed by atoms with Crippen LogP contribution in [0.2, 0.25) is 0 Å². The molecule has 0 aliphatic rings. The van der Waals surface area contributed by atoms with Crippen molar-refractivity contribution in [3.63, 3.8) is 0 Å². The summed E-state index contributed by atoms with van der Waals surface area (Å²) in [6.45, 7) is 2.10. The van der Waals surface area contributed by atoms with Crippen LogP contribution in [0.25, 0.3) is 11.0 Å². The van der Waals surface area contributed by atoms with Crippen molar-refractivity contribution in [1.29, 1.82) is 0 Å². The smallest absolute Gasteiger partial charge is 0.262 e. The summed E-state index contributed by atoms with van der Waals surface area (Å²) in [5.41, 5.74) is 0.566. The highest BCUT2D eigenvalue weighted by Gasteiger charge is 2.13. The molecule has 0 bridgehead atoms. The first kappa shape index (κ1) is 25.4. The van der Waals surface area contributed by atoms with E-state index in [4.69, 9.17) is 23.4 Å². The van der Waals surface area contributed by atoms with E-state index in [0.29, 0.717) is 46.3 Å². The zero-order valence-electron chi connectivity index (χ0n) is 21.1. The molecule has 1 amide bonds. The largest absolute Gasteiger partial charge is 0.490 e. The first-order valence-electron chi connectivity index (χ1n) is 12.3. The van der Waals surface area contributed by atoms with Crippen LogP contribution in [0.5, 0.6) is 34.5 Å². The zero-order chi connectivity index (χ0) is 27.0. The number of carbonyl (C=O) groups is 1. The van der Waals surface area contributed by atoms with E-state index in [1.165, 1.54) is 6.26 Å². The summed E-state index contributed by atoms with van der Waals surface area (Å²) in [7, 11) is 0. The molecular formula is C31H25NO7. The average Bonchev–Trinajstić information content (AvgIpc) is 2.96. The summed E-state index contributed by atoms with van der Waals surface area (Å²) in [5, 5.41) is 3.09. The summed E-state index contributed by atoms with van der Waals surface area (Å²) in [5.74, 6) is 2.38. The standard InChI is InChI=1S/C31H25NO7/c1-2-35-26-10-6-7-11-27(26)39-29-19-37-28-18-24(16-17-25(28)31(29)34)36-20-30(33)32-21-12-14-23(15-13-21)38-22-8-4-3-5-9-22/h3-19H,2,20H2,1H3,(H,32,33). The first-order valence-corrected chi connectivity index (χ1v) is 12.3. The lowest BCUT2D eigenvalue weighted by molar-refractivity contribution is -0.118. The van der Waals surface area contributed by atoms with Crippen molar-refractivity contribution < 1.29 is 28.2 Å². The van der Waals surface area contributed by atoms with Gasteiger partial charge in [0.05, 0.1) is 12.0 Å². The Morgan fingerprint density at radius 3 is 2.21 bits per heavy atom. The van der Waals surface area contributed by atoms with Gasteiger partial charge in [-0.2, -0.15) is 0 Å². The van der Waals surface area contributed by atoms with E-state index < -0.39 is 0 Å². The van der Waals surface area contributed by atoms with Crippen LogP contribution in [0.1, 0.15) is 6.92 Å². The molecule has 5 rings (SSSR count). The van der Waals surface area contributed by atoms with Crippen LogP contribution in [-0.2, 0) is 4.79 Å². The van der Waals surface area contributed by atoms with Gasteiger partial charge in [-0.3, -0.25) is 9.59 Å². The number of para-hydroxylation sites is 3. The highest BCUT2D eigenvalue weighted by atomic mass is 16.5. The van der Waals surface area contributed by atoms with Gasteiger partial charge in [0.25, 0.3) is 5.91 Å². The fourth-order valence-electron chi connectivity index (χ4n) is 3.76. The number of carbonyl (C=O) groups excluding carboxylic acids is 1. The Labute approximate surface area is 224 Å². The molecule has 0 saturated carbocycles. The lowest BCUT2D eigenvalue weighted by Gasteiger charge is -2.11. The lowest BCUT2D eigenvalue weighted by atomic mass is 10.2. The Balaban J connectivity index is 1.19. The molecule has 8 heteroatoms. The predicted octanol–water partition coefficient (Wildman–Crippen LogP) is 6.79. The molecule has 0 atom stereocenters. The third-order valence-corrected chi connectivity index (χ3v) is 5.57. The van der Waals surface area contributed by atoms with Gasteiger partial charge in [0.2, 0.25) is 11.2 Å². The Morgan fingerprint density at radius 2 is 1.44 bits per heavy atom. The molecular weight excluding hydrogens is 498 g/mol. The molecule has 0 saturated heterocycles. The minimum atomic E-state index is -0.343. The maximum absolute atomic E-state index is 13.0. The second kappa shape index (κ2) is 11.9. The summed E-state index contributed by atoms with van der Waals surface area (Å²) in [6, 6.07) is 28.2. The van der Waals surface area contributed by atoms with Gasteiger partial charge in [0.1, 0.15) is 29.1 Å². The highest BCUT2D eigenvalue weighted by molar-refractivity contribution is 5.92. The summed E-state index contributed by atoms with van der Waals surface area (Å²) in [6.07, 6.45) is 1.25. The number of rotatable bonds is 10. The molecule has 0 aliphatic heterocycles. The second-order valence-electron chi connectivity index (χ2n) is 8.35. The summed E-state index contributed by atoms with van der Waals surface area (Å²) < 4.78 is 28.3. The van der Waals surface area contributed by atoms with E-state index in [1.54, 1.807) is 60.7 Å². The van der Waals surface area contributed by atoms with Crippen molar-refractivity contribution >= 4 is 22.6 Å². The minimum absolute atomic E-state index is 0.0305. The molecule has 196 valence electrons. The Kier molecular flexibility index (Phi) is 7.73. The van der Waals surface area contributed by atoms with Crippen LogP contribution in [0, 0.1) is 0 Å². The van der Waals surface area contributed by atoms with Gasteiger partial charge >= 0.3 is 0 Å². The van der Waals surface area contributed by atoms with E-state index in [1.807, 2.05) is 43.3 Å². The van der Waals surface area contributed by atoms with Gasteiger partial charge in [0, 0.05) is 11.8 Å². The van der Waals surface area contributed by atoms with Gasteiger partial charge in [-0.25, -0.2) is 0 Å². The Bertz CT molecular complexity index is 1630. The van der Waals surface area contributed by atoms with Crippen LogP contribution < -0.4 is 29.7 Å². The Morgan fingerprint density at radius 1 is 0.744 bits per heavy atom. The summed E-state index contributed by atoms with van der Waals surface area (Å²) >= 11 is 0. The van der Waals surface area contributed by atoms with Crippen LogP contribution >= 0.6 is 0 Å². The number of hydrogen-bond acceptors (Lipinski definition) is 7. The van der Waals surface area contributed by atoms with E-state index in [0.717, 1.165) is 5.75 Å². The van der Waals surface area contributed by atoms with E-state index in [-0.39, 0.29) is 23.7 Å². The molecule has 5 aromatic rings. The number of fused-ring (bicyclic) bond motifs is 1. The normalized spacial score (nSPS) is 10.6. The van der Waals surface area contributed by atoms with Crippen molar-refractivity contribution in [2.45, 2.75) is 6.92 Å². The molecule has 0 fully saturated rings. The van der Waals surface area contributed by atoms with Crippen LogP contribution in [0.15, 0.2) is 113 Å². The second-order valence-corrected chi connectivity index (χ2v) is 8.35. The van der Waals surface area contributed by atoms with E-state index in [2.05, 4.69) is 5.32 Å². The van der Waals surface area contributed by atoms with Gasteiger partial charge in [-0.05, 0) is 67.6 Å². The molecule has 39 heavy (non-hydrogen) atoms. The third kappa shape index (κ3) is 6.37. The molecule has 8 nitrogen and oxygen atoms in total. The number of anilines is 1. The van der Waals surface area contributed by atoms with Gasteiger partial charge in [0.15, 0.2) is 18.1 Å². The zero-order valence-corrected chi connectivity index (χ0v) is 21.1. The first-order chi connectivity index (χ1) is 19.1. The monoisotopic (exact) mass is 523 g/mol. The van der Waals surface area contributed by atoms with Crippen LogP contribution in [-0.4, -0.2) is 19.1 Å². The van der Waals surface area contributed by atoms with Crippen molar-refractivity contribution in [2.75, 3.05) is 18.5 Å². The molecule has 0 aliphatic carbocycles. The number of hydrogen-bond donors (Lipinski definition) is 1. The van der Waals surface area contributed by atoms with Crippen molar-refractivity contribution in [3.05, 3.63) is 114 Å². The number of nitrogens with one attached hydrogen (secondary N) is 1. The van der Waals surface area contributed by atoms with Gasteiger partial charge in [-0.1, -0.05) is 30.3 Å². The number of benzene rings is 4. The SMILES string of the molecule is CCOc1ccccc1Oc1coc2cc(OCC(=O)Nc3ccc(Oc4ccccc4)cc3)ccc2c1=O. The van der Waals surface area contributed by atoms with Crippen LogP contribution in [0.3, 0.4) is 0 Å².